The quantitative estimate of drug-likeness (QED) is 0.875. The molecule has 120 valence electrons. The minimum Gasteiger partial charge on any atom is -0.308 e. The maximum absolute atomic E-state index is 4.58. The maximum atomic E-state index is 4.58. The minimum absolute atomic E-state index is 0.277. The zero-order chi connectivity index (χ0) is 15.5. The Morgan fingerprint density at radius 3 is 2.62 bits per heavy atom. The molecule has 0 radical (unpaired) electrons. The summed E-state index contributed by atoms with van der Waals surface area (Å²) in [6.45, 7) is 12.5. The number of hydrogen-bond donors (Lipinski definition) is 1. The normalized spacial score (nSPS) is 24.1. The number of aryl methyl sites for hydroxylation is 1. The summed E-state index contributed by atoms with van der Waals surface area (Å²) in [6, 6.07) is 2.76. The fourth-order valence-electron chi connectivity index (χ4n) is 3.50. The van der Waals surface area contributed by atoms with Crippen molar-refractivity contribution in [3.63, 3.8) is 0 Å². The smallest absolute Gasteiger partial charge is 0.0764 e. The predicted octanol–water partition coefficient (Wildman–Crippen LogP) is 2.80. The fraction of sp³-hybridized carbons (Fsp3) is 0.824. The summed E-state index contributed by atoms with van der Waals surface area (Å²) in [7, 11) is 2.00. The van der Waals surface area contributed by atoms with E-state index in [-0.39, 0.29) is 5.54 Å². The van der Waals surface area contributed by atoms with Crippen LogP contribution < -0.4 is 5.32 Å². The Balaban J connectivity index is 2.16. The standard InChI is InChI=1S/C17H32N4/c1-6-14(4)16-11-18-17(7-2,8-3)13-21(16)12-15-9-10-20(5)19-15/h9-10,14,16,18H,6-8,11-13H2,1-5H3. The zero-order valence-corrected chi connectivity index (χ0v) is 14.4. The molecule has 1 aliphatic heterocycles. The molecule has 2 unspecified atom stereocenters. The van der Waals surface area contributed by atoms with Crippen molar-refractivity contribution in [3.8, 4) is 0 Å². The Bertz CT molecular complexity index is 436. The van der Waals surface area contributed by atoms with Crippen LogP contribution in [0.4, 0.5) is 0 Å². The molecule has 0 spiro atoms. The van der Waals surface area contributed by atoms with Gasteiger partial charge in [0.25, 0.3) is 0 Å². The molecule has 0 aliphatic carbocycles. The number of piperazine rings is 1. The van der Waals surface area contributed by atoms with Crippen molar-refractivity contribution in [2.45, 2.75) is 65.1 Å². The van der Waals surface area contributed by atoms with Crippen molar-refractivity contribution in [2.24, 2.45) is 13.0 Å². The summed E-state index contributed by atoms with van der Waals surface area (Å²) >= 11 is 0. The minimum atomic E-state index is 0.277. The first kappa shape index (κ1) is 16.5. The van der Waals surface area contributed by atoms with Crippen molar-refractivity contribution >= 4 is 0 Å². The van der Waals surface area contributed by atoms with E-state index in [1.54, 1.807) is 0 Å². The highest BCUT2D eigenvalue weighted by Gasteiger charge is 2.38. The van der Waals surface area contributed by atoms with Crippen LogP contribution in [0.15, 0.2) is 12.3 Å². The third kappa shape index (κ3) is 3.67. The number of nitrogens with zero attached hydrogens (tertiary/aromatic N) is 3. The highest BCUT2D eigenvalue weighted by atomic mass is 15.3. The Morgan fingerprint density at radius 1 is 1.38 bits per heavy atom. The van der Waals surface area contributed by atoms with Crippen LogP contribution in [0, 0.1) is 5.92 Å². The first-order valence-corrected chi connectivity index (χ1v) is 8.51. The van der Waals surface area contributed by atoms with Crippen LogP contribution in [0.25, 0.3) is 0 Å². The van der Waals surface area contributed by atoms with Gasteiger partial charge in [-0.15, -0.1) is 0 Å². The molecule has 1 aromatic rings. The second-order valence-corrected chi connectivity index (χ2v) is 6.71. The Morgan fingerprint density at radius 2 is 2.10 bits per heavy atom. The van der Waals surface area contributed by atoms with E-state index in [2.05, 4.69) is 49.1 Å². The van der Waals surface area contributed by atoms with E-state index < -0.39 is 0 Å². The molecule has 4 nitrogen and oxygen atoms in total. The summed E-state index contributed by atoms with van der Waals surface area (Å²) in [6.07, 6.45) is 5.66. The molecule has 1 N–H and O–H groups in total. The summed E-state index contributed by atoms with van der Waals surface area (Å²) in [5.41, 5.74) is 1.47. The Labute approximate surface area is 129 Å². The first-order chi connectivity index (χ1) is 10.0. The second-order valence-electron chi connectivity index (χ2n) is 6.71. The van der Waals surface area contributed by atoms with Crippen LogP contribution >= 0.6 is 0 Å². The van der Waals surface area contributed by atoms with Crippen LogP contribution in [0.5, 0.6) is 0 Å². The van der Waals surface area contributed by atoms with Gasteiger partial charge in [-0.05, 0) is 24.8 Å². The summed E-state index contributed by atoms with van der Waals surface area (Å²) in [5, 5.41) is 8.43. The lowest BCUT2D eigenvalue weighted by molar-refractivity contribution is 0.0385. The molecular formula is C17H32N4. The van der Waals surface area contributed by atoms with Gasteiger partial charge in [0.05, 0.1) is 5.69 Å². The van der Waals surface area contributed by atoms with Gasteiger partial charge in [0.15, 0.2) is 0 Å². The Hall–Kier alpha value is -0.870. The molecular weight excluding hydrogens is 260 g/mol. The molecule has 4 heteroatoms. The van der Waals surface area contributed by atoms with Gasteiger partial charge in [0.2, 0.25) is 0 Å². The molecule has 1 aliphatic rings. The van der Waals surface area contributed by atoms with E-state index >= 15 is 0 Å². The van der Waals surface area contributed by atoms with Crippen molar-refractivity contribution in [3.05, 3.63) is 18.0 Å². The molecule has 0 amide bonds. The third-order valence-corrected chi connectivity index (χ3v) is 5.45. The topological polar surface area (TPSA) is 33.1 Å². The summed E-state index contributed by atoms with van der Waals surface area (Å²) in [4.78, 5) is 2.67. The van der Waals surface area contributed by atoms with E-state index in [1.807, 2.05) is 17.9 Å². The van der Waals surface area contributed by atoms with E-state index in [9.17, 15) is 0 Å². The number of nitrogens with one attached hydrogen (secondary N) is 1. The molecule has 0 bridgehead atoms. The molecule has 1 fully saturated rings. The maximum Gasteiger partial charge on any atom is 0.0764 e. The molecule has 2 atom stereocenters. The van der Waals surface area contributed by atoms with Gasteiger partial charge in [0.1, 0.15) is 0 Å². The SMILES string of the molecule is CCC(C)C1CNC(CC)(CC)CN1Cc1ccn(C)n1. The highest BCUT2D eigenvalue weighted by Crippen LogP contribution is 2.27. The zero-order valence-electron chi connectivity index (χ0n) is 14.4. The van der Waals surface area contributed by atoms with Gasteiger partial charge in [0, 0.05) is 44.5 Å². The highest BCUT2D eigenvalue weighted by molar-refractivity contribution is 5.03. The van der Waals surface area contributed by atoms with Crippen LogP contribution in [0.1, 0.15) is 52.7 Å². The van der Waals surface area contributed by atoms with Gasteiger partial charge >= 0.3 is 0 Å². The van der Waals surface area contributed by atoms with Crippen molar-refractivity contribution in [1.82, 2.24) is 20.0 Å². The summed E-state index contributed by atoms with van der Waals surface area (Å²) < 4.78 is 1.91. The monoisotopic (exact) mass is 292 g/mol. The van der Waals surface area contributed by atoms with E-state index in [0.717, 1.165) is 19.6 Å². The van der Waals surface area contributed by atoms with Crippen LogP contribution in [0.3, 0.4) is 0 Å². The molecule has 2 rings (SSSR count). The van der Waals surface area contributed by atoms with Crippen molar-refractivity contribution < 1.29 is 0 Å². The molecule has 1 saturated heterocycles. The van der Waals surface area contributed by atoms with Crippen LogP contribution in [-0.2, 0) is 13.6 Å². The van der Waals surface area contributed by atoms with Crippen LogP contribution in [-0.4, -0.2) is 39.4 Å². The predicted molar refractivity (Wildman–Crippen MR) is 88.2 cm³/mol. The van der Waals surface area contributed by atoms with E-state index in [0.29, 0.717) is 12.0 Å². The number of aromatic nitrogens is 2. The summed E-state index contributed by atoms with van der Waals surface area (Å²) in [5.74, 6) is 0.716. The first-order valence-electron chi connectivity index (χ1n) is 8.51. The molecule has 0 aromatic carbocycles. The lowest BCUT2D eigenvalue weighted by Crippen LogP contribution is -2.64. The third-order valence-electron chi connectivity index (χ3n) is 5.45. The van der Waals surface area contributed by atoms with Gasteiger partial charge in [-0.3, -0.25) is 9.58 Å². The second kappa shape index (κ2) is 6.93. The average molecular weight is 292 g/mol. The van der Waals surface area contributed by atoms with Gasteiger partial charge in [-0.2, -0.15) is 5.10 Å². The lowest BCUT2D eigenvalue weighted by atomic mass is 9.85. The van der Waals surface area contributed by atoms with Crippen LogP contribution in [0.2, 0.25) is 0 Å². The molecule has 0 saturated carbocycles. The Kier molecular flexibility index (Phi) is 5.44. The molecule has 21 heavy (non-hydrogen) atoms. The molecule has 1 aromatic heterocycles. The lowest BCUT2D eigenvalue weighted by Gasteiger charge is -2.49. The van der Waals surface area contributed by atoms with Crippen molar-refractivity contribution in [1.29, 1.82) is 0 Å². The average Bonchev–Trinajstić information content (AvgIpc) is 2.91. The van der Waals surface area contributed by atoms with Gasteiger partial charge < -0.3 is 5.32 Å². The van der Waals surface area contributed by atoms with Gasteiger partial charge in [-0.25, -0.2) is 0 Å². The molecule has 2 heterocycles. The van der Waals surface area contributed by atoms with E-state index in [1.165, 1.54) is 25.0 Å². The van der Waals surface area contributed by atoms with Gasteiger partial charge in [-0.1, -0.05) is 34.1 Å². The fourth-order valence-corrected chi connectivity index (χ4v) is 3.50. The van der Waals surface area contributed by atoms with Crippen molar-refractivity contribution in [2.75, 3.05) is 13.1 Å². The number of rotatable bonds is 6. The largest absolute Gasteiger partial charge is 0.308 e. The number of hydrogen-bond acceptors (Lipinski definition) is 3. The van der Waals surface area contributed by atoms with E-state index in [4.69, 9.17) is 0 Å².